The number of hydrogen-bond donors (Lipinski definition) is 0. The van der Waals surface area contributed by atoms with E-state index in [-0.39, 0.29) is 0 Å². The van der Waals surface area contributed by atoms with Gasteiger partial charge in [-0.1, -0.05) is 40.2 Å². The molecule has 0 spiro atoms. The molecule has 0 radical (unpaired) electrons. The van der Waals surface area contributed by atoms with Gasteiger partial charge in [0.1, 0.15) is 5.75 Å². The Morgan fingerprint density at radius 3 is 2.65 bits per heavy atom. The zero-order valence-corrected chi connectivity index (χ0v) is 11.6. The largest absolute Gasteiger partial charge is 0.494 e. The van der Waals surface area contributed by atoms with Crippen LogP contribution in [0, 0.1) is 6.92 Å². The summed E-state index contributed by atoms with van der Waals surface area (Å²) in [6, 6.07) is 14.5. The first kappa shape index (κ1) is 12.2. The molecule has 0 aliphatic carbocycles. The Balaban J connectivity index is 2.45. The van der Waals surface area contributed by atoms with Gasteiger partial charge in [-0.2, -0.15) is 0 Å². The average Bonchev–Trinajstić information content (AvgIpc) is 2.33. The number of rotatable bonds is 3. The molecule has 2 heteroatoms. The molecular formula is C15H15BrO. The van der Waals surface area contributed by atoms with E-state index < -0.39 is 0 Å². The fourth-order valence-electron chi connectivity index (χ4n) is 1.84. The molecule has 0 amide bonds. The molecule has 0 heterocycles. The Labute approximate surface area is 111 Å². The van der Waals surface area contributed by atoms with Crippen molar-refractivity contribution in [2.24, 2.45) is 0 Å². The van der Waals surface area contributed by atoms with Gasteiger partial charge in [-0.25, -0.2) is 0 Å². The molecule has 0 bridgehead atoms. The molecule has 0 fully saturated rings. The second-order valence-corrected chi connectivity index (χ2v) is 4.73. The van der Waals surface area contributed by atoms with Crippen molar-refractivity contribution in [1.82, 2.24) is 0 Å². The molecule has 17 heavy (non-hydrogen) atoms. The van der Waals surface area contributed by atoms with Crippen LogP contribution in [0.4, 0.5) is 0 Å². The first-order valence-corrected chi connectivity index (χ1v) is 6.50. The number of halogens is 1. The van der Waals surface area contributed by atoms with Crippen LogP contribution >= 0.6 is 15.9 Å². The lowest BCUT2D eigenvalue weighted by molar-refractivity contribution is 0.340. The molecule has 1 nitrogen and oxygen atoms in total. The van der Waals surface area contributed by atoms with Gasteiger partial charge < -0.3 is 4.74 Å². The standard InChI is InChI=1S/C15H15BrO/c1-3-17-13-7-4-6-12(10-13)14-8-5-9-15(16)11(14)2/h4-10H,3H2,1-2H3. The molecule has 0 aliphatic heterocycles. The van der Waals surface area contributed by atoms with Gasteiger partial charge in [0.05, 0.1) is 6.61 Å². The van der Waals surface area contributed by atoms with Crippen LogP contribution in [0.5, 0.6) is 5.75 Å². The van der Waals surface area contributed by atoms with E-state index >= 15 is 0 Å². The highest BCUT2D eigenvalue weighted by atomic mass is 79.9. The minimum Gasteiger partial charge on any atom is -0.494 e. The molecule has 88 valence electrons. The predicted octanol–water partition coefficient (Wildman–Crippen LogP) is 4.82. The summed E-state index contributed by atoms with van der Waals surface area (Å²) < 4.78 is 6.66. The minimum atomic E-state index is 0.695. The van der Waals surface area contributed by atoms with Gasteiger partial charge in [-0.3, -0.25) is 0 Å². The molecule has 2 rings (SSSR count). The summed E-state index contributed by atoms with van der Waals surface area (Å²) in [5.41, 5.74) is 3.68. The maximum absolute atomic E-state index is 5.53. The van der Waals surface area contributed by atoms with Gasteiger partial charge in [0.15, 0.2) is 0 Å². The van der Waals surface area contributed by atoms with E-state index in [0.717, 1.165) is 10.2 Å². The van der Waals surface area contributed by atoms with Crippen LogP contribution in [0.3, 0.4) is 0 Å². The first-order chi connectivity index (χ1) is 8.22. The van der Waals surface area contributed by atoms with Crippen LogP contribution < -0.4 is 4.74 Å². The third-order valence-corrected chi connectivity index (χ3v) is 3.58. The van der Waals surface area contributed by atoms with Crippen LogP contribution in [0.15, 0.2) is 46.9 Å². The highest BCUT2D eigenvalue weighted by molar-refractivity contribution is 9.10. The molecule has 0 saturated heterocycles. The van der Waals surface area contributed by atoms with Crippen molar-refractivity contribution in [3.63, 3.8) is 0 Å². The number of benzene rings is 2. The first-order valence-electron chi connectivity index (χ1n) is 5.70. The van der Waals surface area contributed by atoms with Gasteiger partial charge >= 0.3 is 0 Å². The summed E-state index contributed by atoms with van der Waals surface area (Å²) in [5, 5.41) is 0. The van der Waals surface area contributed by atoms with E-state index in [1.54, 1.807) is 0 Å². The van der Waals surface area contributed by atoms with E-state index in [2.05, 4.69) is 53.2 Å². The summed E-state index contributed by atoms with van der Waals surface area (Å²) in [4.78, 5) is 0. The van der Waals surface area contributed by atoms with E-state index in [9.17, 15) is 0 Å². The summed E-state index contributed by atoms with van der Waals surface area (Å²) in [6.45, 7) is 4.81. The smallest absolute Gasteiger partial charge is 0.119 e. The van der Waals surface area contributed by atoms with Gasteiger partial charge in [0.2, 0.25) is 0 Å². The average molecular weight is 291 g/mol. The lowest BCUT2D eigenvalue weighted by Crippen LogP contribution is -1.91. The quantitative estimate of drug-likeness (QED) is 0.787. The zero-order valence-electron chi connectivity index (χ0n) is 10.0. The molecule has 0 aliphatic rings. The second-order valence-electron chi connectivity index (χ2n) is 3.87. The molecule has 2 aromatic rings. The van der Waals surface area contributed by atoms with Crippen molar-refractivity contribution in [3.05, 3.63) is 52.5 Å². The van der Waals surface area contributed by atoms with E-state index in [1.165, 1.54) is 16.7 Å². The fourth-order valence-corrected chi connectivity index (χ4v) is 2.21. The van der Waals surface area contributed by atoms with Gasteiger partial charge in [0, 0.05) is 4.47 Å². The minimum absolute atomic E-state index is 0.695. The second kappa shape index (κ2) is 5.37. The van der Waals surface area contributed by atoms with E-state index in [0.29, 0.717) is 6.61 Å². The Kier molecular flexibility index (Phi) is 3.85. The summed E-state index contributed by atoms with van der Waals surface area (Å²) in [5.74, 6) is 0.921. The summed E-state index contributed by atoms with van der Waals surface area (Å²) in [7, 11) is 0. The van der Waals surface area contributed by atoms with E-state index in [1.807, 2.05) is 19.1 Å². The summed E-state index contributed by atoms with van der Waals surface area (Å²) >= 11 is 3.56. The van der Waals surface area contributed by atoms with Crippen LogP contribution in [-0.4, -0.2) is 6.61 Å². The van der Waals surface area contributed by atoms with E-state index in [4.69, 9.17) is 4.74 Å². The number of ether oxygens (including phenoxy) is 1. The van der Waals surface area contributed by atoms with Gasteiger partial charge in [0.25, 0.3) is 0 Å². The fraction of sp³-hybridized carbons (Fsp3) is 0.200. The topological polar surface area (TPSA) is 9.23 Å². The maximum atomic E-state index is 5.53. The molecule has 0 saturated carbocycles. The third kappa shape index (κ3) is 2.70. The molecule has 2 aromatic carbocycles. The lowest BCUT2D eigenvalue weighted by atomic mass is 10.0. The summed E-state index contributed by atoms with van der Waals surface area (Å²) in [6.07, 6.45) is 0. The van der Waals surface area contributed by atoms with Crippen molar-refractivity contribution in [2.75, 3.05) is 6.61 Å². The highest BCUT2D eigenvalue weighted by Crippen LogP contribution is 2.30. The van der Waals surface area contributed by atoms with Gasteiger partial charge in [-0.05, 0) is 48.7 Å². The number of hydrogen-bond acceptors (Lipinski definition) is 1. The molecule has 0 aromatic heterocycles. The maximum Gasteiger partial charge on any atom is 0.119 e. The molecule has 0 N–H and O–H groups in total. The van der Waals surface area contributed by atoms with Gasteiger partial charge in [-0.15, -0.1) is 0 Å². The van der Waals surface area contributed by atoms with Crippen molar-refractivity contribution in [2.45, 2.75) is 13.8 Å². The van der Waals surface area contributed by atoms with Crippen LogP contribution in [0.1, 0.15) is 12.5 Å². The Morgan fingerprint density at radius 1 is 1.12 bits per heavy atom. The normalized spacial score (nSPS) is 10.3. The van der Waals surface area contributed by atoms with Crippen LogP contribution in [0.25, 0.3) is 11.1 Å². The highest BCUT2D eigenvalue weighted by Gasteiger charge is 2.05. The molecule has 0 unspecified atom stereocenters. The third-order valence-electron chi connectivity index (χ3n) is 2.72. The van der Waals surface area contributed by atoms with Crippen molar-refractivity contribution in [3.8, 4) is 16.9 Å². The molecule has 0 atom stereocenters. The zero-order chi connectivity index (χ0) is 12.3. The van der Waals surface area contributed by atoms with Crippen LogP contribution in [0.2, 0.25) is 0 Å². The molecular weight excluding hydrogens is 276 g/mol. The Morgan fingerprint density at radius 2 is 1.88 bits per heavy atom. The lowest BCUT2D eigenvalue weighted by Gasteiger charge is -2.09. The van der Waals surface area contributed by atoms with Crippen molar-refractivity contribution in [1.29, 1.82) is 0 Å². The Bertz CT molecular complexity index is 520. The van der Waals surface area contributed by atoms with Crippen LogP contribution in [-0.2, 0) is 0 Å². The Hall–Kier alpha value is -1.28. The SMILES string of the molecule is CCOc1cccc(-c2cccc(Br)c2C)c1. The van der Waals surface area contributed by atoms with Crippen molar-refractivity contribution >= 4 is 15.9 Å². The van der Waals surface area contributed by atoms with Crippen molar-refractivity contribution < 1.29 is 4.74 Å². The monoisotopic (exact) mass is 290 g/mol. The predicted molar refractivity (Wildman–Crippen MR) is 75.5 cm³/mol.